The molecule has 0 unspecified atom stereocenters. The summed E-state index contributed by atoms with van der Waals surface area (Å²) < 4.78 is 0. The van der Waals surface area contributed by atoms with Crippen LogP contribution in [0.25, 0.3) is 0 Å². The van der Waals surface area contributed by atoms with Crippen molar-refractivity contribution in [3.63, 3.8) is 0 Å². The highest BCUT2D eigenvalue weighted by Gasteiger charge is 2.07. The zero-order valence-corrected chi connectivity index (χ0v) is 10.3. The molecule has 1 aromatic rings. The van der Waals surface area contributed by atoms with Crippen LogP contribution in [0.5, 0.6) is 0 Å². The normalized spacial score (nSPS) is 10.3. The van der Waals surface area contributed by atoms with Gasteiger partial charge in [0.15, 0.2) is 0 Å². The first-order valence-electron chi connectivity index (χ1n) is 5.82. The second kappa shape index (κ2) is 6.78. The molecular weight excluding hydrogens is 216 g/mol. The number of carbonyl (C=O) groups excluding carboxylic acids is 2. The van der Waals surface area contributed by atoms with Gasteiger partial charge in [0.05, 0.1) is 0 Å². The first kappa shape index (κ1) is 13.4. The van der Waals surface area contributed by atoms with E-state index >= 15 is 0 Å². The van der Waals surface area contributed by atoms with Crippen molar-refractivity contribution in [3.8, 4) is 0 Å². The van der Waals surface area contributed by atoms with Crippen LogP contribution in [0.4, 0.5) is 0 Å². The lowest BCUT2D eigenvalue weighted by atomic mass is 10.0. The number of amides is 1. The Kier molecular flexibility index (Phi) is 5.33. The molecule has 0 radical (unpaired) electrons. The zero-order valence-electron chi connectivity index (χ0n) is 10.3. The van der Waals surface area contributed by atoms with Crippen LogP contribution >= 0.6 is 0 Å². The Bertz CT molecular complexity index is 374. The highest BCUT2D eigenvalue weighted by Crippen LogP contribution is 2.01. The van der Waals surface area contributed by atoms with Crippen LogP contribution in [-0.2, 0) is 4.79 Å². The monoisotopic (exact) mass is 234 g/mol. The van der Waals surface area contributed by atoms with E-state index in [0.29, 0.717) is 24.9 Å². The van der Waals surface area contributed by atoms with Crippen molar-refractivity contribution in [2.24, 2.45) is 5.92 Å². The molecule has 0 bridgehead atoms. The number of nitrogens with one attached hydrogen (secondary N) is 1. The molecule has 0 aliphatic heterocycles. The van der Waals surface area contributed by atoms with Crippen LogP contribution in [-0.4, -0.2) is 23.2 Å². The molecule has 1 N–H and O–H groups in total. The van der Waals surface area contributed by atoms with E-state index in [2.05, 4.69) is 10.3 Å². The first-order valence-corrected chi connectivity index (χ1v) is 5.82. The summed E-state index contributed by atoms with van der Waals surface area (Å²) in [6, 6.07) is 3.32. The van der Waals surface area contributed by atoms with Crippen molar-refractivity contribution in [1.29, 1.82) is 0 Å². The number of carbonyl (C=O) groups is 2. The summed E-state index contributed by atoms with van der Waals surface area (Å²) in [5.74, 6) is 0.193. The second-order valence-corrected chi connectivity index (χ2v) is 4.22. The summed E-state index contributed by atoms with van der Waals surface area (Å²) in [4.78, 5) is 26.8. The molecule has 0 aromatic carbocycles. The van der Waals surface area contributed by atoms with E-state index in [1.165, 1.54) is 0 Å². The smallest absolute Gasteiger partial charge is 0.251 e. The third kappa shape index (κ3) is 4.76. The molecular formula is C13H18N2O2. The van der Waals surface area contributed by atoms with Crippen molar-refractivity contribution in [2.75, 3.05) is 6.54 Å². The van der Waals surface area contributed by atoms with E-state index in [4.69, 9.17) is 0 Å². The average molecular weight is 234 g/mol. The lowest BCUT2D eigenvalue weighted by Gasteiger charge is -2.06. The van der Waals surface area contributed by atoms with Crippen LogP contribution in [0.1, 0.15) is 37.0 Å². The highest BCUT2D eigenvalue weighted by atomic mass is 16.1. The molecule has 1 rings (SSSR count). The lowest BCUT2D eigenvalue weighted by Crippen LogP contribution is -2.25. The van der Waals surface area contributed by atoms with Gasteiger partial charge in [0.1, 0.15) is 5.78 Å². The lowest BCUT2D eigenvalue weighted by molar-refractivity contribution is -0.121. The van der Waals surface area contributed by atoms with Crippen molar-refractivity contribution in [3.05, 3.63) is 30.1 Å². The number of hydrogen-bond donors (Lipinski definition) is 1. The van der Waals surface area contributed by atoms with Gasteiger partial charge in [0, 0.05) is 36.8 Å². The minimum atomic E-state index is -0.121. The number of rotatable bonds is 6. The fourth-order valence-electron chi connectivity index (χ4n) is 1.36. The van der Waals surface area contributed by atoms with E-state index in [9.17, 15) is 9.59 Å². The van der Waals surface area contributed by atoms with Gasteiger partial charge in [0.2, 0.25) is 0 Å². The van der Waals surface area contributed by atoms with E-state index in [1.807, 2.05) is 13.8 Å². The van der Waals surface area contributed by atoms with Gasteiger partial charge in [-0.3, -0.25) is 14.6 Å². The maximum atomic E-state index is 11.6. The van der Waals surface area contributed by atoms with E-state index in [0.717, 1.165) is 0 Å². The van der Waals surface area contributed by atoms with Gasteiger partial charge in [-0.1, -0.05) is 13.8 Å². The molecule has 0 aliphatic carbocycles. The summed E-state index contributed by atoms with van der Waals surface area (Å²) in [6.07, 6.45) is 4.37. The molecule has 0 saturated carbocycles. The van der Waals surface area contributed by atoms with Crippen LogP contribution in [0.2, 0.25) is 0 Å². The molecule has 1 heterocycles. The van der Waals surface area contributed by atoms with Crippen LogP contribution < -0.4 is 5.32 Å². The van der Waals surface area contributed by atoms with Crippen LogP contribution in [0, 0.1) is 5.92 Å². The van der Waals surface area contributed by atoms with Crippen LogP contribution in [0.15, 0.2) is 24.5 Å². The topological polar surface area (TPSA) is 59.1 Å². The maximum absolute atomic E-state index is 11.6. The summed E-state index contributed by atoms with van der Waals surface area (Å²) in [5, 5.41) is 2.77. The molecule has 4 heteroatoms. The molecule has 0 spiro atoms. The Morgan fingerprint density at radius 1 is 1.29 bits per heavy atom. The largest absolute Gasteiger partial charge is 0.352 e. The zero-order chi connectivity index (χ0) is 12.7. The summed E-state index contributed by atoms with van der Waals surface area (Å²) >= 11 is 0. The number of ketones is 1. The summed E-state index contributed by atoms with van der Waals surface area (Å²) in [7, 11) is 0. The van der Waals surface area contributed by atoms with E-state index < -0.39 is 0 Å². The predicted molar refractivity (Wildman–Crippen MR) is 65.6 cm³/mol. The van der Waals surface area contributed by atoms with E-state index in [-0.39, 0.29) is 17.6 Å². The minimum Gasteiger partial charge on any atom is -0.352 e. The predicted octanol–water partition coefficient (Wildman–Crippen LogP) is 1.82. The standard InChI is InChI=1S/C13H18N2O2/c1-10(2)12(16)4-3-7-15-13(17)11-5-8-14-9-6-11/h5-6,8-10H,3-4,7H2,1-2H3,(H,15,17). The summed E-state index contributed by atoms with van der Waals surface area (Å²) in [5.41, 5.74) is 0.593. The maximum Gasteiger partial charge on any atom is 0.251 e. The Morgan fingerprint density at radius 3 is 2.53 bits per heavy atom. The van der Waals surface area contributed by atoms with Gasteiger partial charge in [-0.2, -0.15) is 0 Å². The van der Waals surface area contributed by atoms with Crippen LogP contribution in [0.3, 0.4) is 0 Å². The van der Waals surface area contributed by atoms with Crippen molar-refractivity contribution >= 4 is 11.7 Å². The molecule has 0 atom stereocenters. The van der Waals surface area contributed by atoms with Crippen molar-refractivity contribution in [2.45, 2.75) is 26.7 Å². The minimum absolute atomic E-state index is 0.0749. The molecule has 17 heavy (non-hydrogen) atoms. The SMILES string of the molecule is CC(C)C(=O)CCCNC(=O)c1ccncc1. The van der Waals surface area contributed by atoms with Gasteiger partial charge < -0.3 is 5.32 Å². The Hall–Kier alpha value is -1.71. The Balaban J connectivity index is 2.24. The molecule has 1 amide bonds. The average Bonchev–Trinajstić information content (AvgIpc) is 2.35. The van der Waals surface area contributed by atoms with Crippen molar-refractivity contribution < 1.29 is 9.59 Å². The Morgan fingerprint density at radius 2 is 1.94 bits per heavy atom. The second-order valence-electron chi connectivity index (χ2n) is 4.22. The van der Waals surface area contributed by atoms with Gasteiger partial charge in [-0.25, -0.2) is 0 Å². The van der Waals surface area contributed by atoms with Crippen molar-refractivity contribution in [1.82, 2.24) is 10.3 Å². The fourth-order valence-corrected chi connectivity index (χ4v) is 1.36. The molecule has 92 valence electrons. The number of nitrogens with zero attached hydrogens (tertiary/aromatic N) is 1. The number of Topliss-reactive ketones (excluding diaryl/α,β-unsaturated/α-hetero) is 1. The molecule has 0 aliphatic rings. The van der Waals surface area contributed by atoms with Gasteiger partial charge in [-0.15, -0.1) is 0 Å². The first-order chi connectivity index (χ1) is 8.11. The molecule has 0 saturated heterocycles. The number of aromatic nitrogens is 1. The third-order valence-electron chi connectivity index (χ3n) is 2.47. The quantitative estimate of drug-likeness (QED) is 0.764. The fraction of sp³-hybridized carbons (Fsp3) is 0.462. The van der Waals surface area contributed by atoms with Gasteiger partial charge in [0.25, 0.3) is 5.91 Å². The molecule has 1 aromatic heterocycles. The number of hydrogen-bond acceptors (Lipinski definition) is 3. The molecule has 4 nitrogen and oxygen atoms in total. The van der Waals surface area contributed by atoms with Gasteiger partial charge >= 0.3 is 0 Å². The molecule has 0 fully saturated rings. The highest BCUT2D eigenvalue weighted by molar-refractivity contribution is 5.93. The van der Waals surface area contributed by atoms with Gasteiger partial charge in [-0.05, 0) is 18.6 Å². The number of pyridine rings is 1. The van der Waals surface area contributed by atoms with E-state index in [1.54, 1.807) is 24.5 Å². The summed E-state index contributed by atoms with van der Waals surface area (Å²) in [6.45, 7) is 4.30. The third-order valence-corrected chi connectivity index (χ3v) is 2.47. The Labute approximate surface area is 101 Å².